The zero-order chi connectivity index (χ0) is 14.5. The van der Waals surface area contributed by atoms with Crippen LogP contribution in [0.15, 0.2) is 0 Å². The van der Waals surface area contributed by atoms with Gasteiger partial charge in [-0.15, -0.1) is 0 Å². The Morgan fingerprint density at radius 1 is 1.25 bits per heavy atom. The molecule has 2 aliphatic rings. The van der Waals surface area contributed by atoms with Crippen molar-refractivity contribution >= 4 is 23.1 Å². The van der Waals surface area contributed by atoms with Crippen LogP contribution in [0, 0.1) is 17.8 Å². The molecule has 4 unspecified atom stereocenters. The summed E-state index contributed by atoms with van der Waals surface area (Å²) in [6.07, 6.45) is 10.6. The molecule has 4 heteroatoms. The van der Waals surface area contributed by atoms with Gasteiger partial charge in [-0.2, -0.15) is 0 Å². The largest absolute Gasteiger partial charge is 0.392 e. The fourth-order valence-corrected chi connectivity index (χ4v) is 4.15. The van der Waals surface area contributed by atoms with E-state index >= 15 is 0 Å². The summed E-state index contributed by atoms with van der Waals surface area (Å²) in [5, 5.41) is 3.08. The van der Waals surface area contributed by atoms with Gasteiger partial charge in [-0.1, -0.05) is 51.2 Å². The van der Waals surface area contributed by atoms with Crippen molar-refractivity contribution in [3.63, 3.8) is 0 Å². The summed E-state index contributed by atoms with van der Waals surface area (Å²) in [4.78, 5) is 12.9. The average Bonchev–Trinajstić information content (AvgIpc) is 2.46. The van der Waals surface area contributed by atoms with E-state index in [1.807, 2.05) is 0 Å². The van der Waals surface area contributed by atoms with Crippen molar-refractivity contribution in [1.82, 2.24) is 5.32 Å². The van der Waals surface area contributed by atoms with Gasteiger partial charge in [0.2, 0.25) is 5.91 Å². The van der Waals surface area contributed by atoms with Crippen LogP contribution in [0.2, 0.25) is 0 Å². The summed E-state index contributed by atoms with van der Waals surface area (Å²) in [6, 6.07) is -0.119. The molecule has 2 fully saturated rings. The summed E-state index contributed by atoms with van der Waals surface area (Å²) < 4.78 is 0. The summed E-state index contributed by atoms with van der Waals surface area (Å²) in [5.41, 5.74) is 5.72. The normalized spacial score (nSPS) is 31.1. The molecule has 20 heavy (non-hydrogen) atoms. The predicted octanol–water partition coefficient (Wildman–Crippen LogP) is 3.16. The van der Waals surface area contributed by atoms with Crippen LogP contribution in [0.5, 0.6) is 0 Å². The number of fused-ring (bicyclic) bond motifs is 1. The van der Waals surface area contributed by atoms with Gasteiger partial charge in [0, 0.05) is 5.92 Å². The number of hydrogen-bond acceptors (Lipinski definition) is 2. The van der Waals surface area contributed by atoms with Crippen LogP contribution >= 0.6 is 12.2 Å². The molecule has 3 N–H and O–H groups in total. The number of carbonyl (C=O) groups excluding carboxylic acids is 1. The van der Waals surface area contributed by atoms with Crippen LogP contribution in [0.1, 0.15) is 64.7 Å². The molecule has 0 saturated heterocycles. The van der Waals surface area contributed by atoms with Crippen molar-refractivity contribution in [3.8, 4) is 0 Å². The number of nitrogens with one attached hydrogen (secondary N) is 1. The molecule has 1 amide bonds. The maximum absolute atomic E-state index is 12.4. The zero-order valence-electron chi connectivity index (χ0n) is 12.6. The summed E-state index contributed by atoms with van der Waals surface area (Å²) in [7, 11) is 0. The Kier molecular flexibility index (Phi) is 5.82. The van der Waals surface area contributed by atoms with Crippen molar-refractivity contribution in [1.29, 1.82) is 0 Å². The van der Waals surface area contributed by atoms with E-state index < -0.39 is 0 Å². The van der Waals surface area contributed by atoms with Gasteiger partial charge in [0.25, 0.3) is 0 Å². The first-order valence-electron chi connectivity index (χ1n) is 8.21. The third kappa shape index (κ3) is 3.94. The molecule has 2 aliphatic carbocycles. The maximum Gasteiger partial charge on any atom is 0.223 e. The first-order valence-corrected chi connectivity index (χ1v) is 8.62. The van der Waals surface area contributed by atoms with Crippen molar-refractivity contribution < 1.29 is 4.79 Å². The standard InChI is InChI=1S/C16H28N2OS/c1-2-5-14(15(17)20)18-16(19)13-9-8-11-6-3-4-7-12(11)10-13/h11-14H,2-10H2,1H3,(H2,17,20)(H,18,19). The highest BCUT2D eigenvalue weighted by molar-refractivity contribution is 7.80. The van der Waals surface area contributed by atoms with Gasteiger partial charge >= 0.3 is 0 Å². The maximum atomic E-state index is 12.4. The molecule has 0 spiro atoms. The lowest BCUT2D eigenvalue weighted by molar-refractivity contribution is -0.127. The third-order valence-electron chi connectivity index (χ3n) is 5.15. The van der Waals surface area contributed by atoms with E-state index in [1.54, 1.807) is 0 Å². The molecule has 0 heterocycles. The molecule has 2 saturated carbocycles. The van der Waals surface area contributed by atoms with Crippen molar-refractivity contribution in [3.05, 3.63) is 0 Å². The second kappa shape index (κ2) is 7.39. The Labute approximate surface area is 128 Å². The highest BCUT2D eigenvalue weighted by Gasteiger charge is 2.35. The Morgan fingerprint density at radius 2 is 1.95 bits per heavy atom. The smallest absolute Gasteiger partial charge is 0.223 e. The number of amides is 1. The van der Waals surface area contributed by atoms with Gasteiger partial charge < -0.3 is 11.1 Å². The van der Waals surface area contributed by atoms with Crippen LogP contribution in [0.3, 0.4) is 0 Å². The summed E-state index contributed by atoms with van der Waals surface area (Å²) >= 11 is 5.06. The topological polar surface area (TPSA) is 55.1 Å². The van der Waals surface area contributed by atoms with Crippen LogP contribution in [-0.2, 0) is 4.79 Å². The fourth-order valence-electron chi connectivity index (χ4n) is 3.98. The molecule has 0 bridgehead atoms. The first kappa shape index (κ1) is 15.7. The van der Waals surface area contributed by atoms with Gasteiger partial charge in [-0.05, 0) is 37.5 Å². The van der Waals surface area contributed by atoms with E-state index in [1.165, 1.54) is 32.1 Å². The molecule has 0 aromatic carbocycles. The number of rotatable bonds is 5. The molecule has 4 atom stereocenters. The SMILES string of the molecule is CCCC(NC(=O)C1CCC2CCCCC2C1)C(N)=S. The molecule has 3 nitrogen and oxygen atoms in total. The van der Waals surface area contributed by atoms with Crippen LogP contribution in [-0.4, -0.2) is 16.9 Å². The highest BCUT2D eigenvalue weighted by Crippen LogP contribution is 2.42. The Hall–Kier alpha value is -0.640. The minimum Gasteiger partial charge on any atom is -0.392 e. The second-order valence-corrected chi connectivity index (χ2v) is 7.04. The first-order chi connectivity index (χ1) is 9.61. The van der Waals surface area contributed by atoms with Crippen LogP contribution < -0.4 is 11.1 Å². The van der Waals surface area contributed by atoms with Crippen LogP contribution in [0.4, 0.5) is 0 Å². The molecular weight excluding hydrogens is 268 g/mol. The van der Waals surface area contributed by atoms with E-state index in [-0.39, 0.29) is 17.9 Å². The van der Waals surface area contributed by atoms with E-state index in [2.05, 4.69) is 12.2 Å². The Bertz CT molecular complexity index is 358. The average molecular weight is 296 g/mol. The number of hydrogen-bond donors (Lipinski definition) is 2. The van der Waals surface area contributed by atoms with Crippen molar-refractivity contribution in [2.24, 2.45) is 23.5 Å². The minimum atomic E-state index is -0.119. The second-order valence-electron chi connectivity index (χ2n) is 6.57. The molecule has 0 radical (unpaired) electrons. The lowest BCUT2D eigenvalue weighted by Gasteiger charge is -2.39. The summed E-state index contributed by atoms with van der Waals surface area (Å²) in [6.45, 7) is 2.09. The monoisotopic (exact) mass is 296 g/mol. The van der Waals surface area contributed by atoms with Gasteiger partial charge in [0.15, 0.2) is 0 Å². The minimum absolute atomic E-state index is 0.119. The molecule has 114 valence electrons. The Balaban J connectivity index is 1.87. The molecule has 0 aromatic rings. The van der Waals surface area contributed by atoms with Crippen LogP contribution in [0.25, 0.3) is 0 Å². The van der Waals surface area contributed by atoms with Crippen molar-refractivity contribution in [2.75, 3.05) is 0 Å². The van der Waals surface area contributed by atoms with E-state index in [0.717, 1.165) is 37.5 Å². The lowest BCUT2D eigenvalue weighted by atomic mass is 9.67. The molecule has 0 aliphatic heterocycles. The molecule has 2 rings (SSSR count). The number of carbonyl (C=O) groups is 1. The molecular formula is C16H28N2OS. The quantitative estimate of drug-likeness (QED) is 0.766. The summed E-state index contributed by atoms with van der Waals surface area (Å²) in [5.74, 6) is 2.03. The third-order valence-corrected chi connectivity index (χ3v) is 5.43. The number of nitrogens with two attached hydrogens (primary N) is 1. The van der Waals surface area contributed by atoms with E-state index in [4.69, 9.17) is 18.0 Å². The predicted molar refractivity (Wildman–Crippen MR) is 86.4 cm³/mol. The van der Waals surface area contributed by atoms with Crippen molar-refractivity contribution in [2.45, 2.75) is 70.8 Å². The van der Waals surface area contributed by atoms with Gasteiger partial charge in [-0.3, -0.25) is 4.79 Å². The van der Waals surface area contributed by atoms with E-state index in [9.17, 15) is 4.79 Å². The number of thiocarbonyl (C=S) groups is 1. The zero-order valence-corrected chi connectivity index (χ0v) is 13.4. The van der Waals surface area contributed by atoms with Gasteiger partial charge in [0.1, 0.15) is 0 Å². The van der Waals surface area contributed by atoms with Gasteiger partial charge in [-0.25, -0.2) is 0 Å². The molecule has 0 aromatic heterocycles. The van der Waals surface area contributed by atoms with Gasteiger partial charge in [0.05, 0.1) is 11.0 Å². The highest BCUT2D eigenvalue weighted by atomic mass is 32.1. The van der Waals surface area contributed by atoms with E-state index in [0.29, 0.717) is 4.99 Å². The fraction of sp³-hybridized carbons (Fsp3) is 0.875. The Morgan fingerprint density at radius 3 is 2.60 bits per heavy atom. The lowest BCUT2D eigenvalue weighted by Crippen LogP contribution is -2.47.